The van der Waals surface area contributed by atoms with E-state index < -0.39 is 5.97 Å². The molecule has 0 atom stereocenters. The zero-order valence-electron chi connectivity index (χ0n) is 9.74. The number of nitrogens with one attached hydrogen (secondary N) is 1. The predicted molar refractivity (Wildman–Crippen MR) is 62.8 cm³/mol. The zero-order valence-corrected chi connectivity index (χ0v) is 9.74. The Hall–Kier alpha value is -2.31. The number of nitrogens with zero attached hydrogens (tertiary/aromatic N) is 3. The molecule has 2 heterocycles. The van der Waals surface area contributed by atoms with Crippen molar-refractivity contribution in [3.8, 4) is 0 Å². The average Bonchev–Trinajstić information content (AvgIpc) is 2.81. The maximum absolute atomic E-state index is 11.8. The molecule has 2 N–H and O–H groups in total. The molecule has 7 nitrogen and oxygen atoms in total. The number of fused-ring (bicyclic) bond motifs is 1. The number of urea groups is 1. The van der Waals surface area contributed by atoms with Gasteiger partial charge in [-0.2, -0.15) is 0 Å². The normalized spacial score (nSPS) is 14.6. The standard InChI is InChI=1S/C11H14N4O3/c16-10(17)2-1-3-13-11(18)15-7-6-14-5-4-12-9(14)8-15/h1-2,4-5H,3,6-8H2,(H,13,18)(H,16,17)/b2-1+. The van der Waals surface area contributed by atoms with Gasteiger partial charge in [0.25, 0.3) is 0 Å². The van der Waals surface area contributed by atoms with E-state index in [9.17, 15) is 9.59 Å². The smallest absolute Gasteiger partial charge is 0.328 e. The Bertz CT molecular complexity index is 480. The molecule has 18 heavy (non-hydrogen) atoms. The number of hydrogen-bond donors (Lipinski definition) is 2. The summed E-state index contributed by atoms with van der Waals surface area (Å²) in [5.41, 5.74) is 0. The van der Waals surface area contributed by atoms with Gasteiger partial charge in [0.05, 0.1) is 6.54 Å². The summed E-state index contributed by atoms with van der Waals surface area (Å²) >= 11 is 0. The first-order valence-corrected chi connectivity index (χ1v) is 5.59. The molecule has 96 valence electrons. The molecule has 0 fully saturated rings. The van der Waals surface area contributed by atoms with Crippen LogP contribution < -0.4 is 5.32 Å². The molecule has 7 heteroatoms. The molecular formula is C11H14N4O3. The number of carbonyl (C=O) groups excluding carboxylic acids is 1. The molecular weight excluding hydrogens is 236 g/mol. The number of carboxylic acid groups (broad SMARTS) is 1. The second-order valence-electron chi connectivity index (χ2n) is 3.89. The molecule has 0 aromatic carbocycles. The van der Waals surface area contributed by atoms with Gasteiger partial charge in [-0.15, -0.1) is 0 Å². The molecule has 2 amide bonds. The first-order valence-electron chi connectivity index (χ1n) is 5.59. The van der Waals surface area contributed by atoms with E-state index in [1.165, 1.54) is 6.08 Å². The van der Waals surface area contributed by atoms with Crippen molar-refractivity contribution in [2.24, 2.45) is 0 Å². The summed E-state index contributed by atoms with van der Waals surface area (Å²) in [7, 11) is 0. The van der Waals surface area contributed by atoms with Crippen molar-refractivity contribution in [1.29, 1.82) is 0 Å². The van der Waals surface area contributed by atoms with Gasteiger partial charge in [0.2, 0.25) is 0 Å². The molecule has 2 rings (SSSR count). The van der Waals surface area contributed by atoms with E-state index >= 15 is 0 Å². The number of amides is 2. The molecule has 0 radical (unpaired) electrons. The second-order valence-corrected chi connectivity index (χ2v) is 3.89. The van der Waals surface area contributed by atoms with E-state index in [1.807, 2.05) is 10.8 Å². The van der Waals surface area contributed by atoms with Crippen LogP contribution in [0.2, 0.25) is 0 Å². The highest BCUT2D eigenvalue weighted by Crippen LogP contribution is 2.09. The second kappa shape index (κ2) is 5.35. The van der Waals surface area contributed by atoms with Crippen molar-refractivity contribution >= 4 is 12.0 Å². The summed E-state index contributed by atoms with van der Waals surface area (Å²) in [6.45, 7) is 2.03. The van der Waals surface area contributed by atoms with Crippen molar-refractivity contribution < 1.29 is 14.7 Å². The number of hydrogen-bond acceptors (Lipinski definition) is 3. The molecule has 0 aliphatic carbocycles. The third kappa shape index (κ3) is 2.88. The fourth-order valence-corrected chi connectivity index (χ4v) is 1.76. The van der Waals surface area contributed by atoms with Gasteiger partial charge < -0.3 is 19.9 Å². The fraction of sp³-hybridized carbons (Fsp3) is 0.364. The van der Waals surface area contributed by atoms with Crippen LogP contribution >= 0.6 is 0 Å². The van der Waals surface area contributed by atoms with Crippen LogP contribution in [-0.4, -0.2) is 44.6 Å². The van der Waals surface area contributed by atoms with Crippen LogP contribution in [0.15, 0.2) is 24.5 Å². The van der Waals surface area contributed by atoms with E-state index in [0.717, 1.165) is 18.4 Å². The molecule has 0 saturated heterocycles. The Kier molecular flexibility index (Phi) is 3.61. The number of rotatable bonds is 3. The number of imidazole rings is 1. The summed E-state index contributed by atoms with van der Waals surface area (Å²) in [6, 6.07) is -0.209. The molecule has 1 aliphatic rings. The van der Waals surface area contributed by atoms with Crippen molar-refractivity contribution in [3.63, 3.8) is 0 Å². The third-order valence-electron chi connectivity index (χ3n) is 2.66. The van der Waals surface area contributed by atoms with Crippen LogP contribution in [0.4, 0.5) is 4.79 Å². The van der Waals surface area contributed by atoms with Gasteiger partial charge in [-0.05, 0) is 0 Å². The molecule has 1 aliphatic heterocycles. The van der Waals surface area contributed by atoms with E-state index in [0.29, 0.717) is 13.1 Å². The average molecular weight is 250 g/mol. The highest BCUT2D eigenvalue weighted by atomic mass is 16.4. The van der Waals surface area contributed by atoms with Gasteiger partial charge in [0.1, 0.15) is 5.82 Å². The monoisotopic (exact) mass is 250 g/mol. The first-order chi connectivity index (χ1) is 8.66. The quantitative estimate of drug-likeness (QED) is 0.742. The zero-order chi connectivity index (χ0) is 13.0. The number of aliphatic carboxylic acids is 1. The van der Waals surface area contributed by atoms with E-state index in [4.69, 9.17) is 5.11 Å². The third-order valence-corrected chi connectivity index (χ3v) is 2.66. The Morgan fingerprint density at radius 1 is 1.50 bits per heavy atom. The molecule has 0 saturated carbocycles. The molecule has 1 aromatic rings. The van der Waals surface area contributed by atoms with Crippen LogP contribution in [0.25, 0.3) is 0 Å². The highest BCUT2D eigenvalue weighted by molar-refractivity contribution is 5.80. The van der Waals surface area contributed by atoms with Gasteiger partial charge in [-0.25, -0.2) is 14.6 Å². The van der Waals surface area contributed by atoms with Crippen molar-refractivity contribution in [3.05, 3.63) is 30.4 Å². The largest absolute Gasteiger partial charge is 0.478 e. The fourth-order valence-electron chi connectivity index (χ4n) is 1.76. The maximum Gasteiger partial charge on any atom is 0.328 e. The minimum atomic E-state index is -1.02. The molecule has 0 spiro atoms. The van der Waals surface area contributed by atoms with E-state index in [2.05, 4.69) is 10.3 Å². The summed E-state index contributed by atoms with van der Waals surface area (Å²) in [5.74, 6) is -0.165. The van der Waals surface area contributed by atoms with Crippen LogP contribution in [0.1, 0.15) is 5.82 Å². The lowest BCUT2D eigenvalue weighted by molar-refractivity contribution is -0.131. The lowest BCUT2D eigenvalue weighted by Crippen LogP contribution is -2.44. The summed E-state index contributed by atoms with van der Waals surface area (Å²) in [4.78, 5) is 27.8. The van der Waals surface area contributed by atoms with Crippen molar-refractivity contribution in [1.82, 2.24) is 19.8 Å². The Labute approximate surface area is 104 Å². The van der Waals surface area contributed by atoms with Crippen LogP contribution in [0.5, 0.6) is 0 Å². The van der Waals surface area contributed by atoms with Crippen molar-refractivity contribution in [2.45, 2.75) is 13.1 Å². The van der Waals surface area contributed by atoms with Crippen molar-refractivity contribution in [2.75, 3.05) is 13.1 Å². The van der Waals surface area contributed by atoms with Crippen LogP contribution in [-0.2, 0) is 17.9 Å². The predicted octanol–water partition coefficient (Wildman–Crippen LogP) is 0.0491. The minimum absolute atomic E-state index is 0.204. The Morgan fingerprint density at radius 2 is 2.33 bits per heavy atom. The minimum Gasteiger partial charge on any atom is -0.478 e. The van der Waals surface area contributed by atoms with Gasteiger partial charge in [-0.3, -0.25) is 0 Å². The summed E-state index contributed by atoms with van der Waals surface area (Å²) in [6.07, 6.45) is 6.00. The SMILES string of the molecule is O=C(O)/C=C/CNC(=O)N1CCn2ccnc2C1. The van der Waals surface area contributed by atoms with Gasteiger partial charge in [0, 0.05) is 38.1 Å². The van der Waals surface area contributed by atoms with Gasteiger partial charge in [-0.1, -0.05) is 6.08 Å². The number of aromatic nitrogens is 2. The molecule has 1 aromatic heterocycles. The van der Waals surface area contributed by atoms with Crippen LogP contribution in [0.3, 0.4) is 0 Å². The maximum atomic E-state index is 11.8. The first kappa shape index (κ1) is 12.2. The van der Waals surface area contributed by atoms with E-state index in [1.54, 1.807) is 11.1 Å². The lowest BCUT2D eigenvalue weighted by Gasteiger charge is -2.27. The Morgan fingerprint density at radius 3 is 3.11 bits per heavy atom. The Balaban J connectivity index is 1.82. The number of carboxylic acids is 1. The van der Waals surface area contributed by atoms with Gasteiger partial charge >= 0.3 is 12.0 Å². The van der Waals surface area contributed by atoms with E-state index in [-0.39, 0.29) is 12.6 Å². The summed E-state index contributed by atoms with van der Waals surface area (Å²) < 4.78 is 2.01. The highest BCUT2D eigenvalue weighted by Gasteiger charge is 2.20. The molecule has 0 unspecified atom stereocenters. The molecule has 0 bridgehead atoms. The summed E-state index contributed by atoms with van der Waals surface area (Å²) in [5, 5.41) is 11.0. The lowest BCUT2D eigenvalue weighted by atomic mass is 10.4. The number of carbonyl (C=O) groups is 2. The van der Waals surface area contributed by atoms with Crippen LogP contribution in [0, 0.1) is 0 Å². The topological polar surface area (TPSA) is 87.5 Å². The van der Waals surface area contributed by atoms with Gasteiger partial charge in [0.15, 0.2) is 0 Å².